The molecular weight excluding hydrogens is 332 g/mol. The molecule has 0 atom stereocenters. The van der Waals surface area contributed by atoms with Gasteiger partial charge >= 0.3 is 0 Å². The molecular formula is C17H22N8O. The number of aromatic amines is 1. The van der Waals surface area contributed by atoms with E-state index in [2.05, 4.69) is 30.6 Å². The summed E-state index contributed by atoms with van der Waals surface area (Å²) in [5, 5.41) is 14.9. The van der Waals surface area contributed by atoms with Crippen molar-refractivity contribution in [2.45, 2.75) is 51.5 Å². The molecule has 0 radical (unpaired) electrons. The Morgan fingerprint density at radius 3 is 2.81 bits per heavy atom. The molecule has 1 saturated carbocycles. The van der Waals surface area contributed by atoms with Gasteiger partial charge in [-0.1, -0.05) is 26.7 Å². The van der Waals surface area contributed by atoms with Crippen LogP contribution in [0, 0.1) is 0 Å². The molecule has 3 heterocycles. The fourth-order valence-electron chi connectivity index (χ4n) is 3.43. The van der Waals surface area contributed by atoms with Gasteiger partial charge in [0.25, 0.3) is 5.91 Å². The first kappa shape index (κ1) is 16.5. The molecule has 0 unspecified atom stereocenters. The van der Waals surface area contributed by atoms with Crippen molar-refractivity contribution in [2.75, 3.05) is 11.1 Å². The average molecular weight is 354 g/mol. The van der Waals surface area contributed by atoms with Crippen molar-refractivity contribution in [3.05, 3.63) is 23.8 Å². The van der Waals surface area contributed by atoms with Crippen molar-refractivity contribution >= 4 is 28.6 Å². The Balaban J connectivity index is 1.71. The quantitative estimate of drug-likeness (QED) is 0.661. The van der Waals surface area contributed by atoms with Gasteiger partial charge in [-0.25, -0.2) is 14.6 Å². The fourth-order valence-corrected chi connectivity index (χ4v) is 3.43. The number of aromatic nitrogens is 6. The summed E-state index contributed by atoms with van der Waals surface area (Å²) in [5.74, 6) is 0.640. The molecule has 0 aliphatic heterocycles. The Kier molecular flexibility index (Phi) is 4.06. The topological polar surface area (TPSA) is 127 Å². The van der Waals surface area contributed by atoms with E-state index in [4.69, 9.17) is 5.73 Å². The number of nitrogen functional groups attached to an aromatic ring is 1. The second kappa shape index (κ2) is 6.40. The number of hydrogen-bond donors (Lipinski definition) is 3. The van der Waals surface area contributed by atoms with Crippen molar-refractivity contribution in [3.63, 3.8) is 0 Å². The first-order chi connectivity index (χ1) is 12.5. The van der Waals surface area contributed by atoms with E-state index >= 15 is 0 Å². The molecule has 1 amide bonds. The van der Waals surface area contributed by atoms with Crippen LogP contribution in [0.3, 0.4) is 0 Å². The van der Waals surface area contributed by atoms with Crippen LogP contribution in [0.15, 0.2) is 12.4 Å². The Morgan fingerprint density at radius 1 is 1.35 bits per heavy atom. The highest BCUT2D eigenvalue weighted by molar-refractivity contribution is 6.12. The van der Waals surface area contributed by atoms with E-state index < -0.39 is 0 Å². The zero-order chi connectivity index (χ0) is 18.3. The first-order valence-electron chi connectivity index (χ1n) is 8.90. The molecule has 4 N–H and O–H groups in total. The summed E-state index contributed by atoms with van der Waals surface area (Å²) in [6, 6.07) is 2.06. The molecule has 136 valence electrons. The molecule has 1 aliphatic carbocycles. The molecule has 0 bridgehead atoms. The maximum atomic E-state index is 12.8. The number of nitrogens with zero attached hydrogens (tertiary/aromatic N) is 5. The minimum Gasteiger partial charge on any atom is -0.383 e. The molecule has 9 heteroatoms. The van der Waals surface area contributed by atoms with E-state index in [-0.39, 0.29) is 23.5 Å². The normalized spacial score (nSPS) is 15.2. The van der Waals surface area contributed by atoms with Gasteiger partial charge in [0.2, 0.25) is 0 Å². The third kappa shape index (κ3) is 2.79. The van der Waals surface area contributed by atoms with Crippen LogP contribution in [0.25, 0.3) is 11.0 Å². The smallest absolute Gasteiger partial charge is 0.278 e. The molecule has 0 saturated heterocycles. The van der Waals surface area contributed by atoms with E-state index in [1.165, 1.54) is 6.33 Å². The minimum absolute atomic E-state index is 0.235. The summed E-state index contributed by atoms with van der Waals surface area (Å²) in [4.78, 5) is 21.2. The van der Waals surface area contributed by atoms with Crippen molar-refractivity contribution in [1.82, 2.24) is 29.9 Å². The second-order valence-electron chi connectivity index (χ2n) is 7.01. The van der Waals surface area contributed by atoms with Crippen LogP contribution >= 0.6 is 0 Å². The van der Waals surface area contributed by atoms with Crippen LogP contribution in [0.4, 0.5) is 11.6 Å². The lowest BCUT2D eigenvalue weighted by molar-refractivity contribution is 0.102. The molecule has 9 nitrogen and oxygen atoms in total. The zero-order valence-corrected chi connectivity index (χ0v) is 14.9. The second-order valence-corrected chi connectivity index (χ2v) is 7.01. The van der Waals surface area contributed by atoms with Crippen molar-refractivity contribution < 1.29 is 4.79 Å². The Morgan fingerprint density at radius 2 is 2.12 bits per heavy atom. The number of amides is 1. The molecule has 0 aromatic carbocycles. The van der Waals surface area contributed by atoms with Gasteiger partial charge < -0.3 is 11.1 Å². The van der Waals surface area contributed by atoms with Crippen molar-refractivity contribution in [2.24, 2.45) is 0 Å². The van der Waals surface area contributed by atoms with E-state index in [0.717, 1.165) is 31.4 Å². The van der Waals surface area contributed by atoms with Gasteiger partial charge in [-0.05, 0) is 18.8 Å². The van der Waals surface area contributed by atoms with E-state index in [1.807, 2.05) is 24.6 Å². The van der Waals surface area contributed by atoms with Crippen molar-refractivity contribution in [1.29, 1.82) is 0 Å². The monoisotopic (exact) mass is 354 g/mol. The van der Waals surface area contributed by atoms with Gasteiger partial charge in [0.15, 0.2) is 17.2 Å². The average Bonchev–Trinajstić information content (AvgIpc) is 3.34. The van der Waals surface area contributed by atoms with Gasteiger partial charge in [-0.15, -0.1) is 0 Å². The summed E-state index contributed by atoms with van der Waals surface area (Å²) < 4.78 is 1.83. The third-order valence-electron chi connectivity index (χ3n) is 4.87. The third-order valence-corrected chi connectivity index (χ3v) is 4.87. The minimum atomic E-state index is -0.366. The molecule has 0 spiro atoms. The summed E-state index contributed by atoms with van der Waals surface area (Å²) in [6.45, 7) is 4.10. The largest absolute Gasteiger partial charge is 0.383 e. The van der Waals surface area contributed by atoms with E-state index in [9.17, 15) is 4.79 Å². The van der Waals surface area contributed by atoms with Gasteiger partial charge in [-0.3, -0.25) is 9.89 Å². The molecule has 26 heavy (non-hydrogen) atoms. The number of carbonyl (C=O) groups is 1. The predicted octanol–water partition coefficient (Wildman–Crippen LogP) is 2.62. The number of carbonyl (C=O) groups excluding carboxylic acids is 1. The van der Waals surface area contributed by atoms with Gasteiger partial charge in [0.05, 0.1) is 11.4 Å². The maximum Gasteiger partial charge on any atom is 0.278 e. The highest BCUT2D eigenvalue weighted by atomic mass is 16.2. The standard InChI is InChI=1S/C17H22N8O/c1-9(2)11-7-12(23-22-11)21-17(26)14-13-15(18)19-8-20-16(13)25(24-14)10-5-3-4-6-10/h7-10H,3-6H2,1-2H3,(H2,18,19,20)(H2,21,22,23,26). The number of H-pyrrole nitrogens is 1. The van der Waals surface area contributed by atoms with E-state index in [0.29, 0.717) is 22.8 Å². The van der Waals surface area contributed by atoms with Crippen LogP contribution in [0.2, 0.25) is 0 Å². The van der Waals surface area contributed by atoms with Crippen LogP contribution in [-0.2, 0) is 0 Å². The SMILES string of the molecule is CC(C)c1cc(NC(=O)c2nn(C3CCCC3)c3ncnc(N)c23)n[nH]1. The van der Waals surface area contributed by atoms with Gasteiger partial charge in [0.1, 0.15) is 12.1 Å². The first-order valence-corrected chi connectivity index (χ1v) is 8.90. The lowest BCUT2D eigenvalue weighted by Crippen LogP contribution is -2.15. The Labute approximate surface area is 150 Å². The molecule has 4 rings (SSSR count). The highest BCUT2D eigenvalue weighted by Crippen LogP contribution is 2.33. The number of hydrogen-bond acceptors (Lipinski definition) is 6. The lowest BCUT2D eigenvalue weighted by atomic mass is 10.1. The van der Waals surface area contributed by atoms with Crippen LogP contribution in [0.5, 0.6) is 0 Å². The number of nitrogens with one attached hydrogen (secondary N) is 2. The van der Waals surface area contributed by atoms with Crippen LogP contribution < -0.4 is 11.1 Å². The lowest BCUT2D eigenvalue weighted by Gasteiger charge is -2.09. The summed E-state index contributed by atoms with van der Waals surface area (Å²) in [5.41, 5.74) is 7.83. The van der Waals surface area contributed by atoms with Crippen LogP contribution in [0.1, 0.15) is 67.7 Å². The predicted molar refractivity (Wildman–Crippen MR) is 97.9 cm³/mol. The number of fused-ring (bicyclic) bond motifs is 1. The molecule has 1 aliphatic rings. The number of nitrogens with two attached hydrogens (primary N) is 1. The van der Waals surface area contributed by atoms with Crippen molar-refractivity contribution in [3.8, 4) is 0 Å². The number of rotatable bonds is 4. The Hall–Kier alpha value is -2.97. The molecule has 3 aromatic rings. The maximum absolute atomic E-state index is 12.8. The zero-order valence-electron chi connectivity index (χ0n) is 14.9. The van der Waals surface area contributed by atoms with E-state index in [1.54, 1.807) is 0 Å². The summed E-state index contributed by atoms with van der Waals surface area (Å²) >= 11 is 0. The van der Waals surface area contributed by atoms with Crippen LogP contribution in [-0.4, -0.2) is 35.9 Å². The Bertz CT molecular complexity index is 951. The molecule has 1 fully saturated rings. The highest BCUT2D eigenvalue weighted by Gasteiger charge is 2.27. The fraction of sp³-hybridized carbons (Fsp3) is 0.471. The van der Waals surface area contributed by atoms with Gasteiger partial charge in [0, 0.05) is 11.8 Å². The van der Waals surface area contributed by atoms with Gasteiger partial charge in [-0.2, -0.15) is 10.2 Å². The number of anilines is 2. The summed E-state index contributed by atoms with van der Waals surface area (Å²) in [7, 11) is 0. The molecule has 3 aromatic heterocycles. The summed E-state index contributed by atoms with van der Waals surface area (Å²) in [6.07, 6.45) is 5.77.